The number of anilines is 1. The molecule has 0 aliphatic carbocycles. The number of aryl methyl sites for hydroxylation is 2. The third kappa shape index (κ3) is 2.72. The number of nitrogen functional groups attached to an aromatic ring is 1. The molecule has 0 saturated heterocycles. The lowest BCUT2D eigenvalue weighted by Gasteiger charge is -2.05. The first-order valence-electron chi connectivity index (χ1n) is 6.64. The number of nitrogens with two attached hydrogens (primary N) is 1. The van der Waals surface area contributed by atoms with E-state index in [1.165, 1.54) is 11.1 Å². The van der Waals surface area contributed by atoms with Crippen LogP contribution in [0, 0.1) is 13.8 Å². The van der Waals surface area contributed by atoms with Crippen molar-refractivity contribution in [2.45, 2.75) is 13.8 Å². The highest BCUT2D eigenvalue weighted by molar-refractivity contribution is 9.10. The quantitative estimate of drug-likeness (QED) is 0.715. The average molecular weight is 343 g/mol. The molecule has 1 heterocycles. The third-order valence-electron chi connectivity index (χ3n) is 3.35. The minimum absolute atomic E-state index is 0.339. The number of benzene rings is 2. The first-order chi connectivity index (χ1) is 10.0. The fourth-order valence-corrected chi connectivity index (χ4v) is 2.77. The third-order valence-corrected chi connectivity index (χ3v) is 3.88. The minimum atomic E-state index is 0.339. The molecule has 4 heteroatoms. The smallest absolute Gasteiger partial charge is 0.230 e. The molecule has 0 amide bonds. The van der Waals surface area contributed by atoms with Crippen molar-refractivity contribution >= 4 is 21.8 Å². The second-order valence-electron chi connectivity index (χ2n) is 5.15. The summed E-state index contributed by atoms with van der Waals surface area (Å²) in [6.07, 6.45) is 0. The first kappa shape index (κ1) is 13.9. The van der Waals surface area contributed by atoms with E-state index in [2.05, 4.69) is 53.1 Å². The van der Waals surface area contributed by atoms with E-state index in [9.17, 15) is 0 Å². The van der Waals surface area contributed by atoms with Gasteiger partial charge in [-0.1, -0.05) is 50.4 Å². The van der Waals surface area contributed by atoms with Crippen LogP contribution in [-0.4, -0.2) is 5.16 Å². The highest BCUT2D eigenvalue weighted by Crippen LogP contribution is 2.37. The van der Waals surface area contributed by atoms with E-state index in [4.69, 9.17) is 10.3 Å². The molecule has 1 aromatic heterocycles. The maximum atomic E-state index is 5.98. The Bertz CT molecular complexity index is 771. The molecular weight excluding hydrogens is 328 g/mol. The number of nitrogens with zero attached hydrogens (tertiary/aromatic N) is 1. The molecule has 0 spiro atoms. The maximum absolute atomic E-state index is 5.98. The van der Waals surface area contributed by atoms with Crippen LogP contribution in [0.1, 0.15) is 11.1 Å². The van der Waals surface area contributed by atoms with Crippen LogP contribution in [0.4, 0.5) is 5.88 Å². The molecule has 0 aliphatic rings. The normalized spacial score (nSPS) is 10.8. The molecule has 106 valence electrons. The van der Waals surface area contributed by atoms with Gasteiger partial charge in [-0.15, -0.1) is 0 Å². The van der Waals surface area contributed by atoms with Gasteiger partial charge in [0.05, 0.1) is 5.56 Å². The molecule has 3 nitrogen and oxygen atoms in total. The molecule has 0 unspecified atom stereocenters. The van der Waals surface area contributed by atoms with E-state index in [1.54, 1.807) is 0 Å². The van der Waals surface area contributed by atoms with Gasteiger partial charge in [-0.25, -0.2) is 0 Å². The monoisotopic (exact) mass is 342 g/mol. The molecule has 0 radical (unpaired) electrons. The Morgan fingerprint density at radius 3 is 2.19 bits per heavy atom. The Labute approximate surface area is 131 Å². The Morgan fingerprint density at radius 1 is 0.952 bits per heavy atom. The standard InChI is InChI=1S/C17H15BrN2O/c1-10-7-11(2)9-13(8-10)16-15(17(19)21-20-16)12-3-5-14(18)6-4-12/h3-9H,19H2,1-2H3. The van der Waals surface area contributed by atoms with Crippen LogP contribution < -0.4 is 5.73 Å². The lowest BCUT2D eigenvalue weighted by molar-refractivity contribution is 0.439. The molecule has 21 heavy (non-hydrogen) atoms. The van der Waals surface area contributed by atoms with Gasteiger partial charge in [-0.3, -0.25) is 0 Å². The number of aromatic nitrogens is 1. The van der Waals surface area contributed by atoms with Crippen molar-refractivity contribution in [2.24, 2.45) is 0 Å². The Kier molecular flexibility index (Phi) is 3.55. The van der Waals surface area contributed by atoms with E-state index < -0.39 is 0 Å². The van der Waals surface area contributed by atoms with Crippen LogP contribution in [0.15, 0.2) is 51.5 Å². The van der Waals surface area contributed by atoms with Crippen LogP contribution >= 0.6 is 15.9 Å². The molecule has 3 rings (SSSR count). The highest BCUT2D eigenvalue weighted by Gasteiger charge is 2.17. The van der Waals surface area contributed by atoms with Gasteiger partial charge in [-0.2, -0.15) is 0 Å². The zero-order chi connectivity index (χ0) is 15.0. The summed E-state index contributed by atoms with van der Waals surface area (Å²) in [6.45, 7) is 4.14. The molecular formula is C17H15BrN2O. The minimum Gasteiger partial charge on any atom is -0.367 e. The predicted molar refractivity (Wildman–Crippen MR) is 89.0 cm³/mol. The summed E-state index contributed by atoms with van der Waals surface area (Å²) in [6, 6.07) is 14.3. The van der Waals surface area contributed by atoms with Gasteiger partial charge in [-0.05, 0) is 43.7 Å². The van der Waals surface area contributed by atoms with Crippen molar-refractivity contribution in [1.82, 2.24) is 5.16 Å². The molecule has 3 aromatic rings. The van der Waals surface area contributed by atoms with Gasteiger partial charge in [0, 0.05) is 10.0 Å². The summed E-state index contributed by atoms with van der Waals surface area (Å²) in [4.78, 5) is 0. The fraction of sp³-hybridized carbons (Fsp3) is 0.118. The molecule has 0 atom stereocenters. The van der Waals surface area contributed by atoms with Crippen molar-refractivity contribution in [3.8, 4) is 22.4 Å². The zero-order valence-electron chi connectivity index (χ0n) is 11.9. The summed E-state index contributed by atoms with van der Waals surface area (Å²) in [5.74, 6) is 0.339. The molecule has 0 saturated carbocycles. The zero-order valence-corrected chi connectivity index (χ0v) is 13.4. The SMILES string of the molecule is Cc1cc(C)cc(-c2noc(N)c2-c2ccc(Br)cc2)c1. The van der Waals surface area contributed by atoms with Crippen LogP contribution in [0.3, 0.4) is 0 Å². The maximum Gasteiger partial charge on any atom is 0.230 e. The lowest BCUT2D eigenvalue weighted by Crippen LogP contribution is -1.89. The van der Waals surface area contributed by atoms with E-state index in [0.29, 0.717) is 5.88 Å². The van der Waals surface area contributed by atoms with Gasteiger partial charge in [0.15, 0.2) is 0 Å². The Morgan fingerprint density at radius 2 is 1.57 bits per heavy atom. The molecule has 2 aromatic carbocycles. The van der Waals surface area contributed by atoms with E-state index in [-0.39, 0.29) is 0 Å². The van der Waals surface area contributed by atoms with Gasteiger partial charge in [0.2, 0.25) is 5.88 Å². The van der Waals surface area contributed by atoms with Crippen molar-refractivity contribution in [3.63, 3.8) is 0 Å². The highest BCUT2D eigenvalue weighted by atomic mass is 79.9. The predicted octanol–water partition coefficient (Wildman–Crippen LogP) is 4.97. The summed E-state index contributed by atoms with van der Waals surface area (Å²) >= 11 is 3.44. The molecule has 0 bridgehead atoms. The lowest BCUT2D eigenvalue weighted by atomic mass is 9.98. The first-order valence-corrected chi connectivity index (χ1v) is 7.43. The van der Waals surface area contributed by atoms with Crippen LogP contribution in [0.25, 0.3) is 22.4 Å². The van der Waals surface area contributed by atoms with Crippen LogP contribution in [-0.2, 0) is 0 Å². The molecule has 0 aliphatic heterocycles. The number of rotatable bonds is 2. The second kappa shape index (κ2) is 5.37. The van der Waals surface area contributed by atoms with Crippen molar-refractivity contribution in [1.29, 1.82) is 0 Å². The van der Waals surface area contributed by atoms with Crippen LogP contribution in [0.2, 0.25) is 0 Å². The van der Waals surface area contributed by atoms with Crippen molar-refractivity contribution in [2.75, 3.05) is 5.73 Å². The van der Waals surface area contributed by atoms with Crippen LogP contribution in [0.5, 0.6) is 0 Å². The van der Waals surface area contributed by atoms with Gasteiger partial charge < -0.3 is 10.3 Å². The average Bonchev–Trinajstić information content (AvgIpc) is 2.80. The summed E-state index contributed by atoms with van der Waals surface area (Å²) < 4.78 is 6.25. The molecule has 2 N–H and O–H groups in total. The van der Waals surface area contributed by atoms with E-state index >= 15 is 0 Å². The topological polar surface area (TPSA) is 52.0 Å². The summed E-state index contributed by atoms with van der Waals surface area (Å²) in [7, 11) is 0. The van der Waals surface area contributed by atoms with E-state index in [0.717, 1.165) is 26.9 Å². The number of halogens is 1. The Balaban J connectivity index is 2.19. The number of hydrogen-bond donors (Lipinski definition) is 1. The largest absolute Gasteiger partial charge is 0.367 e. The summed E-state index contributed by atoms with van der Waals surface area (Å²) in [5.41, 5.74) is 12.0. The summed E-state index contributed by atoms with van der Waals surface area (Å²) in [5, 5.41) is 4.16. The molecule has 0 fully saturated rings. The van der Waals surface area contributed by atoms with Crippen molar-refractivity contribution in [3.05, 3.63) is 58.1 Å². The van der Waals surface area contributed by atoms with Gasteiger partial charge in [0.1, 0.15) is 5.69 Å². The van der Waals surface area contributed by atoms with Gasteiger partial charge in [0.25, 0.3) is 0 Å². The Hall–Kier alpha value is -2.07. The second-order valence-corrected chi connectivity index (χ2v) is 6.07. The van der Waals surface area contributed by atoms with Gasteiger partial charge >= 0.3 is 0 Å². The van der Waals surface area contributed by atoms with E-state index in [1.807, 2.05) is 24.3 Å². The number of hydrogen-bond acceptors (Lipinski definition) is 3. The van der Waals surface area contributed by atoms with Crippen molar-refractivity contribution < 1.29 is 4.52 Å². The fourth-order valence-electron chi connectivity index (χ4n) is 2.51.